The number of anilines is 2. The van der Waals surface area contributed by atoms with Crippen LogP contribution < -0.4 is 15.0 Å². The van der Waals surface area contributed by atoms with Crippen LogP contribution in [0.3, 0.4) is 0 Å². The van der Waals surface area contributed by atoms with Crippen LogP contribution in [0.2, 0.25) is 0 Å². The van der Waals surface area contributed by atoms with E-state index in [1.165, 1.54) is 18.2 Å². The van der Waals surface area contributed by atoms with Gasteiger partial charge in [0.05, 0.1) is 5.69 Å². The van der Waals surface area contributed by atoms with Crippen LogP contribution >= 0.6 is 0 Å². The number of amides is 3. The molecule has 0 saturated carbocycles. The average molecular weight is 368 g/mol. The third kappa shape index (κ3) is 4.30. The van der Waals surface area contributed by atoms with Crippen molar-refractivity contribution in [1.29, 1.82) is 0 Å². The van der Waals surface area contributed by atoms with Crippen molar-refractivity contribution in [3.63, 3.8) is 0 Å². The topological polar surface area (TPSA) is 113 Å². The molecule has 2 N–H and O–H groups in total. The Morgan fingerprint density at radius 1 is 1.04 bits per heavy atom. The van der Waals surface area contributed by atoms with E-state index >= 15 is 0 Å². The number of aliphatic carboxylic acids is 1. The third-order valence-electron chi connectivity index (χ3n) is 3.89. The zero-order valence-electron chi connectivity index (χ0n) is 14.2. The molecule has 0 aliphatic carbocycles. The second kappa shape index (κ2) is 7.69. The molecule has 3 rings (SSSR count). The fourth-order valence-corrected chi connectivity index (χ4v) is 2.63. The molecule has 27 heavy (non-hydrogen) atoms. The number of ether oxygens (including phenoxy) is 1. The van der Waals surface area contributed by atoms with Crippen LogP contribution in [-0.2, 0) is 14.4 Å². The van der Waals surface area contributed by atoms with Gasteiger partial charge in [-0.05, 0) is 42.5 Å². The SMILES string of the molecule is O=C(O)COc1ccc(NC(=O)c2cccc(N3C(=O)CCC3=O)c2)cc1. The quantitative estimate of drug-likeness (QED) is 0.755. The van der Waals surface area contributed by atoms with E-state index in [9.17, 15) is 19.2 Å². The molecule has 0 spiro atoms. The highest BCUT2D eigenvalue weighted by atomic mass is 16.5. The van der Waals surface area contributed by atoms with Gasteiger partial charge in [-0.25, -0.2) is 4.79 Å². The Hall–Kier alpha value is -3.68. The van der Waals surface area contributed by atoms with Crippen LogP contribution in [0.25, 0.3) is 0 Å². The molecule has 0 atom stereocenters. The Balaban J connectivity index is 1.69. The summed E-state index contributed by atoms with van der Waals surface area (Å²) in [5, 5.41) is 11.3. The molecule has 138 valence electrons. The number of hydrogen-bond donors (Lipinski definition) is 2. The number of carbonyl (C=O) groups excluding carboxylic acids is 3. The lowest BCUT2D eigenvalue weighted by atomic mass is 10.1. The first kappa shape index (κ1) is 18.1. The third-order valence-corrected chi connectivity index (χ3v) is 3.89. The number of carboxylic acid groups (broad SMARTS) is 1. The van der Waals surface area contributed by atoms with E-state index in [0.717, 1.165) is 4.90 Å². The maximum absolute atomic E-state index is 12.4. The number of nitrogens with one attached hydrogen (secondary N) is 1. The molecule has 1 aliphatic rings. The molecule has 8 heteroatoms. The number of benzene rings is 2. The normalized spacial score (nSPS) is 13.6. The van der Waals surface area contributed by atoms with Crippen molar-refractivity contribution < 1.29 is 29.0 Å². The van der Waals surface area contributed by atoms with E-state index in [1.807, 2.05) is 0 Å². The van der Waals surface area contributed by atoms with Crippen molar-refractivity contribution in [2.45, 2.75) is 12.8 Å². The molecular weight excluding hydrogens is 352 g/mol. The van der Waals surface area contributed by atoms with Gasteiger partial charge in [-0.3, -0.25) is 19.3 Å². The summed E-state index contributed by atoms with van der Waals surface area (Å²) in [5.74, 6) is -1.69. The molecule has 1 heterocycles. The Morgan fingerprint density at radius 2 is 1.70 bits per heavy atom. The molecule has 2 aromatic carbocycles. The van der Waals surface area contributed by atoms with Crippen molar-refractivity contribution in [1.82, 2.24) is 0 Å². The summed E-state index contributed by atoms with van der Waals surface area (Å²) in [7, 11) is 0. The molecule has 2 aromatic rings. The fourth-order valence-electron chi connectivity index (χ4n) is 2.63. The first-order valence-corrected chi connectivity index (χ1v) is 8.16. The average Bonchev–Trinajstić information content (AvgIpc) is 2.99. The number of imide groups is 1. The van der Waals surface area contributed by atoms with E-state index in [1.54, 1.807) is 30.3 Å². The van der Waals surface area contributed by atoms with Gasteiger partial charge in [-0.2, -0.15) is 0 Å². The molecule has 1 saturated heterocycles. The zero-order chi connectivity index (χ0) is 19.4. The van der Waals surface area contributed by atoms with Gasteiger partial charge >= 0.3 is 5.97 Å². The molecule has 1 fully saturated rings. The fraction of sp³-hybridized carbons (Fsp3) is 0.158. The number of nitrogens with zero attached hydrogens (tertiary/aromatic N) is 1. The second-order valence-electron chi connectivity index (χ2n) is 5.83. The monoisotopic (exact) mass is 368 g/mol. The maximum atomic E-state index is 12.4. The number of rotatable bonds is 6. The molecular formula is C19H16N2O6. The van der Waals surface area contributed by atoms with Crippen molar-refractivity contribution in [3.05, 3.63) is 54.1 Å². The predicted molar refractivity (Wildman–Crippen MR) is 95.7 cm³/mol. The summed E-state index contributed by atoms with van der Waals surface area (Å²) < 4.78 is 5.02. The number of carboxylic acids is 1. The highest BCUT2D eigenvalue weighted by Crippen LogP contribution is 2.24. The first-order chi connectivity index (χ1) is 12.9. The number of hydrogen-bond acceptors (Lipinski definition) is 5. The van der Waals surface area contributed by atoms with E-state index in [0.29, 0.717) is 22.7 Å². The standard InChI is InChI=1S/C19H16N2O6/c22-16-8-9-17(23)21(16)14-3-1-2-12(10-14)19(26)20-13-4-6-15(7-5-13)27-11-18(24)25/h1-7,10H,8-9,11H2,(H,20,26)(H,24,25). The Kier molecular flexibility index (Phi) is 5.16. The molecule has 1 aliphatic heterocycles. The molecule has 8 nitrogen and oxygen atoms in total. The number of carbonyl (C=O) groups is 4. The summed E-state index contributed by atoms with van der Waals surface area (Å²) in [6, 6.07) is 12.5. The van der Waals surface area contributed by atoms with Gasteiger partial charge in [-0.1, -0.05) is 6.07 Å². The lowest BCUT2D eigenvalue weighted by Crippen LogP contribution is -2.28. The molecule has 0 radical (unpaired) electrons. The zero-order valence-corrected chi connectivity index (χ0v) is 14.2. The van der Waals surface area contributed by atoms with Gasteiger partial charge in [0.15, 0.2) is 6.61 Å². The van der Waals surface area contributed by atoms with Crippen LogP contribution in [0, 0.1) is 0 Å². The van der Waals surface area contributed by atoms with Crippen molar-refractivity contribution in [2.75, 3.05) is 16.8 Å². The van der Waals surface area contributed by atoms with Crippen LogP contribution in [0.5, 0.6) is 5.75 Å². The Bertz CT molecular complexity index is 891. The highest BCUT2D eigenvalue weighted by molar-refractivity contribution is 6.20. The predicted octanol–water partition coefficient (Wildman–Crippen LogP) is 2.06. The largest absolute Gasteiger partial charge is 0.482 e. The van der Waals surface area contributed by atoms with Gasteiger partial charge < -0.3 is 15.2 Å². The smallest absolute Gasteiger partial charge is 0.341 e. The van der Waals surface area contributed by atoms with Gasteiger partial charge in [0.1, 0.15) is 5.75 Å². The van der Waals surface area contributed by atoms with E-state index < -0.39 is 18.5 Å². The Labute approximate surface area is 154 Å². The summed E-state index contributed by atoms with van der Waals surface area (Å²) >= 11 is 0. The molecule has 0 unspecified atom stereocenters. The first-order valence-electron chi connectivity index (χ1n) is 8.16. The summed E-state index contributed by atoms with van der Waals surface area (Å²) in [6.45, 7) is -0.452. The van der Waals surface area contributed by atoms with Crippen LogP contribution in [0.15, 0.2) is 48.5 Å². The molecule has 3 amide bonds. The minimum absolute atomic E-state index is 0.172. The van der Waals surface area contributed by atoms with Gasteiger partial charge in [0, 0.05) is 24.1 Å². The van der Waals surface area contributed by atoms with Crippen LogP contribution in [0.1, 0.15) is 23.2 Å². The van der Waals surface area contributed by atoms with Crippen molar-refractivity contribution in [3.8, 4) is 5.75 Å². The molecule has 0 aromatic heterocycles. The summed E-state index contributed by atoms with van der Waals surface area (Å²) in [6.07, 6.45) is 0.344. The van der Waals surface area contributed by atoms with E-state index in [2.05, 4.69) is 5.32 Å². The van der Waals surface area contributed by atoms with Gasteiger partial charge in [0.2, 0.25) is 11.8 Å². The van der Waals surface area contributed by atoms with Crippen molar-refractivity contribution in [2.24, 2.45) is 0 Å². The second-order valence-corrected chi connectivity index (χ2v) is 5.83. The molecule has 0 bridgehead atoms. The van der Waals surface area contributed by atoms with Gasteiger partial charge in [0.25, 0.3) is 5.91 Å². The minimum atomic E-state index is -1.08. The maximum Gasteiger partial charge on any atom is 0.341 e. The summed E-state index contributed by atoms with van der Waals surface area (Å²) in [4.78, 5) is 47.7. The van der Waals surface area contributed by atoms with Crippen LogP contribution in [-0.4, -0.2) is 35.4 Å². The van der Waals surface area contributed by atoms with E-state index in [4.69, 9.17) is 9.84 Å². The lowest BCUT2D eigenvalue weighted by Gasteiger charge is -2.15. The minimum Gasteiger partial charge on any atom is -0.482 e. The Morgan fingerprint density at radius 3 is 2.33 bits per heavy atom. The van der Waals surface area contributed by atoms with E-state index in [-0.39, 0.29) is 24.7 Å². The lowest BCUT2D eigenvalue weighted by molar-refractivity contribution is -0.139. The van der Waals surface area contributed by atoms with Crippen LogP contribution in [0.4, 0.5) is 11.4 Å². The van der Waals surface area contributed by atoms with Gasteiger partial charge in [-0.15, -0.1) is 0 Å². The highest BCUT2D eigenvalue weighted by Gasteiger charge is 2.30. The summed E-state index contributed by atoms with van der Waals surface area (Å²) in [5.41, 5.74) is 1.15. The van der Waals surface area contributed by atoms with Crippen molar-refractivity contribution >= 4 is 35.1 Å².